The maximum atomic E-state index is 13.2. The highest BCUT2D eigenvalue weighted by Crippen LogP contribution is 2.43. The van der Waals surface area contributed by atoms with E-state index in [1.807, 2.05) is 24.4 Å². The van der Waals surface area contributed by atoms with Crippen LogP contribution in [0.1, 0.15) is 41.5 Å². The second-order valence-electron chi connectivity index (χ2n) is 8.53. The summed E-state index contributed by atoms with van der Waals surface area (Å²) in [7, 11) is 0. The fourth-order valence-electron chi connectivity index (χ4n) is 4.01. The van der Waals surface area contributed by atoms with Gasteiger partial charge >= 0.3 is 5.97 Å². The zero-order valence-electron chi connectivity index (χ0n) is 19.4. The third-order valence-electron chi connectivity index (χ3n) is 5.62. The lowest BCUT2D eigenvalue weighted by atomic mass is 9.99. The molecule has 2 heterocycles. The summed E-state index contributed by atoms with van der Waals surface area (Å²) in [6.07, 6.45) is -0.0943. The van der Waals surface area contributed by atoms with E-state index >= 15 is 0 Å². The van der Waals surface area contributed by atoms with E-state index in [0.29, 0.717) is 11.3 Å². The maximum absolute atomic E-state index is 13.2. The zero-order valence-corrected chi connectivity index (χ0v) is 21.9. The van der Waals surface area contributed by atoms with Gasteiger partial charge in [-0.15, -0.1) is 11.3 Å². The summed E-state index contributed by atoms with van der Waals surface area (Å²) in [5.41, 5.74) is 2.63. The van der Waals surface area contributed by atoms with E-state index in [2.05, 4.69) is 15.9 Å². The molecule has 1 aliphatic rings. The minimum Gasteiger partial charge on any atom is -0.507 e. The van der Waals surface area contributed by atoms with Crippen molar-refractivity contribution in [3.63, 3.8) is 0 Å². The van der Waals surface area contributed by atoms with Crippen LogP contribution in [0.3, 0.4) is 0 Å². The molecule has 180 valence electrons. The van der Waals surface area contributed by atoms with Crippen molar-refractivity contribution in [1.82, 2.24) is 0 Å². The molecule has 0 saturated carbocycles. The number of aliphatic hydroxyl groups is 1. The van der Waals surface area contributed by atoms with Crippen molar-refractivity contribution in [3.8, 4) is 0 Å². The molecule has 0 spiro atoms. The number of hydrogen-bond donors (Lipinski definition) is 1. The third kappa shape index (κ3) is 5.09. The molecule has 0 bridgehead atoms. The van der Waals surface area contributed by atoms with E-state index < -0.39 is 17.7 Å². The standard InChI is InChI=1S/C27H24BrNO5S/c1-15(2)34-22(30)14-17-6-9-19(10-7-17)29-24(21-5-4-12-35-21)23(26(32)27(29)33)25(31)18-8-11-20(28)16(3)13-18/h4-13,15,24,31H,14H2,1-3H3/b25-23-. The number of Topliss-reactive ketones (excluding diaryl/α,β-unsaturated/α-hetero) is 1. The second kappa shape index (κ2) is 10.2. The summed E-state index contributed by atoms with van der Waals surface area (Å²) < 4.78 is 6.07. The highest BCUT2D eigenvalue weighted by Gasteiger charge is 2.47. The van der Waals surface area contributed by atoms with Crippen LogP contribution in [-0.4, -0.2) is 28.9 Å². The van der Waals surface area contributed by atoms with Crippen LogP contribution in [-0.2, 0) is 25.5 Å². The molecular weight excluding hydrogens is 530 g/mol. The Morgan fingerprint density at radius 2 is 1.86 bits per heavy atom. The number of halogens is 1. The number of aryl methyl sites for hydroxylation is 1. The minimum absolute atomic E-state index is 0.0451. The molecule has 1 fully saturated rings. The molecule has 35 heavy (non-hydrogen) atoms. The molecular formula is C27H24BrNO5S. The first-order chi connectivity index (χ1) is 16.7. The Labute approximate surface area is 216 Å². The average Bonchev–Trinajstić information content (AvgIpc) is 3.42. The summed E-state index contributed by atoms with van der Waals surface area (Å²) in [6.45, 7) is 5.46. The van der Waals surface area contributed by atoms with E-state index in [-0.39, 0.29) is 29.8 Å². The van der Waals surface area contributed by atoms with Gasteiger partial charge in [-0.05, 0) is 67.6 Å². The lowest BCUT2D eigenvalue weighted by molar-refractivity contribution is -0.146. The van der Waals surface area contributed by atoms with Crippen molar-refractivity contribution >= 4 is 56.4 Å². The lowest BCUT2D eigenvalue weighted by Gasteiger charge is -2.24. The van der Waals surface area contributed by atoms with Gasteiger partial charge in [0.25, 0.3) is 11.7 Å². The Morgan fingerprint density at radius 1 is 1.14 bits per heavy atom. The lowest BCUT2D eigenvalue weighted by Crippen LogP contribution is -2.29. The Hall–Kier alpha value is -3.23. The van der Waals surface area contributed by atoms with Crippen LogP contribution in [0.15, 0.2) is 70.0 Å². The Bertz CT molecular complexity index is 1310. The fraction of sp³-hybridized carbons (Fsp3) is 0.222. The fourth-order valence-corrected chi connectivity index (χ4v) is 5.08. The molecule has 1 unspecified atom stereocenters. The number of esters is 1. The molecule has 6 nitrogen and oxygen atoms in total. The highest BCUT2D eigenvalue weighted by atomic mass is 79.9. The molecule has 1 aliphatic heterocycles. The van der Waals surface area contributed by atoms with Crippen LogP contribution >= 0.6 is 27.3 Å². The van der Waals surface area contributed by atoms with Crippen molar-refractivity contribution in [2.24, 2.45) is 0 Å². The number of benzene rings is 2. The maximum Gasteiger partial charge on any atom is 0.310 e. The van der Waals surface area contributed by atoms with Crippen LogP contribution in [0.4, 0.5) is 5.69 Å². The quantitative estimate of drug-likeness (QED) is 0.177. The van der Waals surface area contributed by atoms with Gasteiger partial charge in [-0.3, -0.25) is 19.3 Å². The molecule has 2 aromatic carbocycles. The number of aliphatic hydroxyl groups excluding tert-OH is 1. The summed E-state index contributed by atoms with van der Waals surface area (Å²) in [5, 5.41) is 13.1. The van der Waals surface area contributed by atoms with Gasteiger partial charge in [-0.25, -0.2) is 0 Å². The molecule has 3 aromatic rings. The third-order valence-corrected chi connectivity index (χ3v) is 7.43. The number of rotatable bonds is 6. The Kier molecular flexibility index (Phi) is 7.23. The first-order valence-electron chi connectivity index (χ1n) is 11.1. The Balaban J connectivity index is 1.75. The molecule has 0 radical (unpaired) electrons. The van der Waals surface area contributed by atoms with Crippen LogP contribution < -0.4 is 4.90 Å². The number of nitrogens with zero attached hydrogens (tertiary/aromatic N) is 1. The first kappa shape index (κ1) is 24.9. The monoisotopic (exact) mass is 553 g/mol. The predicted octanol–water partition coefficient (Wildman–Crippen LogP) is 5.94. The molecule has 8 heteroatoms. The number of ether oxygens (including phenoxy) is 1. The SMILES string of the molecule is Cc1cc(/C(O)=C2/C(=O)C(=O)N(c3ccc(CC(=O)OC(C)C)cc3)C2c2cccs2)ccc1Br. The molecule has 4 rings (SSSR count). The van der Waals surface area contributed by atoms with E-state index in [0.717, 1.165) is 20.5 Å². The smallest absolute Gasteiger partial charge is 0.310 e. The largest absolute Gasteiger partial charge is 0.507 e. The number of anilines is 1. The summed E-state index contributed by atoms with van der Waals surface area (Å²) in [6, 6.07) is 15.1. The number of ketones is 1. The Morgan fingerprint density at radius 3 is 2.46 bits per heavy atom. The number of hydrogen-bond acceptors (Lipinski definition) is 6. The van der Waals surface area contributed by atoms with E-state index in [9.17, 15) is 19.5 Å². The van der Waals surface area contributed by atoms with Crippen LogP contribution in [0, 0.1) is 6.92 Å². The van der Waals surface area contributed by atoms with Gasteiger partial charge in [0.1, 0.15) is 11.8 Å². The van der Waals surface area contributed by atoms with E-state index in [1.54, 1.807) is 56.3 Å². The first-order valence-corrected chi connectivity index (χ1v) is 12.7. The van der Waals surface area contributed by atoms with Gasteiger partial charge in [0.2, 0.25) is 0 Å². The van der Waals surface area contributed by atoms with E-state index in [4.69, 9.17) is 4.74 Å². The van der Waals surface area contributed by atoms with Gasteiger partial charge in [0.15, 0.2) is 0 Å². The number of amides is 1. The summed E-state index contributed by atoms with van der Waals surface area (Å²) in [4.78, 5) is 40.6. The van der Waals surface area contributed by atoms with E-state index in [1.165, 1.54) is 16.2 Å². The second-order valence-corrected chi connectivity index (χ2v) is 10.4. The van der Waals surface area contributed by atoms with Crippen LogP contribution in [0.5, 0.6) is 0 Å². The van der Waals surface area contributed by atoms with Crippen LogP contribution in [0.2, 0.25) is 0 Å². The molecule has 1 amide bonds. The molecule has 1 saturated heterocycles. The topological polar surface area (TPSA) is 83.9 Å². The van der Waals surface area contributed by atoms with Gasteiger partial charge in [0.05, 0.1) is 18.1 Å². The molecule has 1 atom stereocenters. The number of carbonyl (C=O) groups excluding carboxylic acids is 3. The van der Waals surface area contributed by atoms with Crippen molar-refractivity contribution in [1.29, 1.82) is 0 Å². The minimum atomic E-state index is -0.768. The molecule has 1 aromatic heterocycles. The van der Waals surface area contributed by atoms with Gasteiger partial charge in [-0.1, -0.05) is 40.2 Å². The van der Waals surface area contributed by atoms with Gasteiger partial charge < -0.3 is 9.84 Å². The van der Waals surface area contributed by atoms with Crippen molar-refractivity contribution < 1.29 is 24.2 Å². The van der Waals surface area contributed by atoms with Gasteiger partial charge in [-0.2, -0.15) is 0 Å². The summed E-state index contributed by atoms with van der Waals surface area (Å²) >= 11 is 4.85. The van der Waals surface area contributed by atoms with Crippen molar-refractivity contribution in [2.75, 3.05) is 4.90 Å². The molecule has 0 aliphatic carbocycles. The van der Waals surface area contributed by atoms with Gasteiger partial charge in [0, 0.05) is 20.6 Å². The number of thiophene rings is 1. The highest BCUT2D eigenvalue weighted by molar-refractivity contribution is 9.10. The number of carbonyl (C=O) groups is 3. The zero-order chi connectivity index (χ0) is 25.3. The average molecular weight is 554 g/mol. The van der Waals surface area contributed by atoms with Crippen molar-refractivity contribution in [2.45, 2.75) is 39.3 Å². The van der Waals surface area contributed by atoms with Crippen molar-refractivity contribution in [3.05, 3.63) is 91.6 Å². The normalized spacial score (nSPS) is 17.3. The summed E-state index contributed by atoms with van der Waals surface area (Å²) in [5.74, 6) is -2.01. The van der Waals surface area contributed by atoms with Crippen LogP contribution in [0.25, 0.3) is 5.76 Å². The predicted molar refractivity (Wildman–Crippen MR) is 139 cm³/mol. The molecule has 1 N–H and O–H groups in total.